The summed E-state index contributed by atoms with van der Waals surface area (Å²) < 4.78 is 0. The van der Waals surface area contributed by atoms with Gasteiger partial charge in [0.2, 0.25) is 0 Å². The summed E-state index contributed by atoms with van der Waals surface area (Å²) in [6.45, 7) is 6.00. The van der Waals surface area contributed by atoms with Crippen molar-refractivity contribution in [2.45, 2.75) is 6.92 Å². The fourth-order valence-electron chi connectivity index (χ4n) is 1.83. The Hall–Kier alpha value is -0.460. The van der Waals surface area contributed by atoms with E-state index in [0.29, 0.717) is 5.33 Å². The zero-order chi connectivity index (χ0) is 12.4. The molecule has 0 amide bonds. The molecule has 0 aromatic carbocycles. The fourth-order valence-corrected chi connectivity index (χ4v) is 3.36. The third kappa shape index (κ3) is 2.86. The van der Waals surface area contributed by atoms with Crippen LogP contribution in [0.15, 0.2) is 0 Å². The summed E-state index contributed by atoms with van der Waals surface area (Å²) in [4.78, 5) is 21.6. The topological polar surface area (TPSA) is 36.4 Å². The van der Waals surface area contributed by atoms with Crippen molar-refractivity contribution in [1.82, 2.24) is 9.88 Å². The van der Waals surface area contributed by atoms with E-state index in [4.69, 9.17) is 0 Å². The minimum absolute atomic E-state index is 0.125. The molecule has 1 aromatic rings. The van der Waals surface area contributed by atoms with Gasteiger partial charge in [-0.05, 0) is 14.0 Å². The summed E-state index contributed by atoms with van der Waals surface area (Å²) in [6.07, 6.45) is 0. The average molecular weight is 318 g/mol. The highest BCUT2D eigenvalue weighted by Crippen LogP contribution is 2.27. The van der Waals surface area contributed by atoms with Crippen molar-refractivity contribution in [3.8, 4) is 0 Å². The predicted octanol–water partition coefficient (Wildman–Crippen LogP) is 1.78. The molecule has 6 heteroatoms. The molecule has 0 unspecified atom stereocenters. The van der Waals surface area contributed by atoms with E-state index in [1.807, 2.05) is 6.92 Å². The Labute approximate surface area is 114 Å². The molecule has 0 saturated carbocycles. The van der Waals surface area contributed by atoms with Crippen LogP contribution in [0.4, 0.5) is 5.13 Å². The Kier molecular flexibility index (Phi) is 4.17. The van der Waals surface area contributed by atoms with Gasteiger partial charge in [-0.15, -0.1) is 0 Å². The number of carbonyl (C=O) groups excluding carboxylic acids is 1. The number of carbonyl (C=O) groups is 1. The van der Waals surface area contributed by atoms with E-state index >= 15 is 0 Å². The second-order valence-corrected chi connectivity index (χ2v) is 5.80. The average Bonchev–Trinajstić information content (AvgIpc) is 2.71. The van der Waals surface area contributed by atoms with E-state index in [1.54, 1.807) is 0 Å². The minimum Gasteiger partial charge on any atom is -0.346 e. The maximum absolute atomic E-state index is 11.7. The molecule has 2 heterocycles. The monoisotopic (exact) mass is 317 g/mol. The van der Waals surface area contributed by atoms with Crippen LogP contribution >= 0.6 is 27.3 Å². The second-order valence-electron chi connectivity index (χ2n) is 4.26. The highest BCUT2D eigenvalue weighted by Gasteiger charge is 2.20. The molecule has 1 aliphatic rings. The first kappa shape index (κ1) is 13.0. The second kappa shape index (κ2) is 5.46. The number of aromatic nitrogens is 1. The largest absolute Gasteiger partial charge is 0.346 e. The Morgan fingerprint density at radius 2 is 2.06 bits per heavy atom. The molecule has 0 bridgehead atoms. The molecule has 1 fully saturated rings. The molecule has 17 heavy (non-hydrogen) atoms. The van der Waals surface area contributed by atoms with Crippen LogP contribution in [0.5, 0.6) is 0 Å². The molecule has 1 aromatic heterocycles. The number of piperazine rings is 1. The fraction of sp³-hybridized carbons (Fsp3) is 0.636. The van der Waals surface area contributed by atoms with Crippen molar-refractivity contribution in [2.75, 3.05) is 43.5 Å². The quantitative estimate of drug-likeness (QED) is 0.629. The van der Waals surface area contributed by atoms with E-state index in [2.05, 4.69) is 37.8 Å². The first-order chi connectivity index (χ1) is 8.11. The van der Waals surface area contributed by atoms with Gasteiger partial charge in [-0.1, -0.05) is 27.3 Å². The lowest BCUT2D eigenvalue weighted by molar-refractivity contribution is 0.102. The highest BCUT2D eigenvalue weighted by molar-refractivity contribution is 9.09. The maximum atomic E-state index is 11.7. The number of hydrogen-bond acceptors (Lipinski definition) is 5. The molecule has 2 rings (SSSR count). The number of hydrogen-bond donors (Lipinski definition) is 0. The number of likely N-dealkylation sites (N-methyl/N-ethyl adjacent to an activating group) is 1. The number of halogens is 1. The summed E-state index contributed by atoms with van der Waals surface area (Å²) in [5.74, 6) is 0.125. The van der Waals surface area contributed by atoms with E-state index in [1.165, 1.54) is 11.3 Å². The SMILES string of the molecule is Cc1nc(N2CCN(C)CC2)sc1C(=O)CBr. The summed E-state index contributed by atoms with van der Waals surface area (Å²) in [7, 11) is 2.13. The lowest BCUT2D eigenvalue weighted by Crippen LogP contribution is -2.44. The third-order valence-corrected chi connectivity index (χ3v) is 4.70. The van der Waals surface area contributed by atoms with Crippen molar-refractivity contribution in [3.05, 3.63) is 10.6 Å². The third-order valence-electron chi connectivity index (χ3n) is 2.93. The van der Waals surface area contributed by atoms with Gasteiger partial charge in [-0.3, -0.25) is 4.79 Å². The van der Waals surface area contributed by atoms with Crippen LogP contribution in [0.1, 0.15) is 15.4 Å². The number of aryl methyl sites for hydroxylation is 1. The zero-order valence-electron chi connectivity index (χ0n) is 10.1. The lowest BCUT2D eigenvalue weighted by Gasteiger charge is -2.32. The van der Waals surface area contributed by atoms with Crippen molar-refractivity contribution < 1.29 is 4.79 Å². The van der Waals surface area contributed by atoms with Crippen LogP contribution in [0.3, 0.4) is 0 Å². The Morgan fingerprint density at radius 1 is 1.41 bits per heavy atom. The molecule has 0 radical (unpaired) electrons. The van der Waals surface area contributed by atoms with Crippen molar-refractivity contribution in [1.29, 1.82) is 0 Å². The van der Waals surface area contributed by atoms with E-state index < -0.39 is 0 Å². The first-order valence-corrected chi connectivity index (χ1v) is 7.55. The van der Waals surface area contributed by atoms with Gasteiger partial charge in [0.15, 0.2) is 10.9 Å². The number of rotatable bonds is 3. The predicted molar refractivity (Wildman–Crippen MR) is 74.7 cm³/mol. The number of thiazole rings is 1. The van der Waals surface area contributed by atoms with Crippen LogP contribution in [-0.4, -0.2) is 54.2 Å². The van der Waals surface area contributed by atoms with Gasteiger partial charge in [0, 0.05) is 26.2 Å². The molecule has 0 N–H and O–H groups in total. The van der Waals surface area contributed by atoms with Crippen LogP contribution in [-0.2, 0) is 0 Å². The molecule has 1 aliphatic heterocycles. The van der Waals surface area contributed by atoms with Gasteiger partial charge >= 0.3 is 0 Å². The smallest absolute Gasteiger partial charge is 0.186 e. The van der Waals surface area contributed by atoms with Gasteiger partial charge in [0.1, 0.15) is 0 Å². The molecule has 1 saturated heterocycles. The van der Waals surface area contributed by atoms with Crippen molar-refractivity contribution in [3.63, 3.8) is 0 Å². The lowest BCUT2D eigenvalue weighted by atomic mass is 10.3. The van der Waals surface area contributed by atoms with Crippen molar-refractivity contribution >= 4 is 38.2 Å². The van der Waals surface area contributed by atoms with Crippen LogP contribution in [0.2, 0.25) is 0 Å². The normalized spacial score (nSPS) is 17.5. The highest BCUT2D eigenvalue weighted by atomic mass is 79.9. The Bertz CT molecular complexity index is 413. The van der Waals surface area contributed by atoms with Gasteiger partial charge in [0.25, 0.3) is 0 Å². The maximum Gasteiger partial charge on any atom is 0.186 e. The summed E-state index contributed by atoms with van der Waals surface area (Å²) in [5.41, 5.74) is 0.855. The van der Waals surface area contributed by atoms with Gasteiger partial charge in [-0.2, -0.15) is 0 Å². The number of ketones is 1. The summed E-state index contributed by atoms with van der Waals surface area (Å²) in [5, 5.41) is 1.36. The summed E-state index contributed by atoms with van der Waals surface area (Å²) >= 11 is 4.72. The van der Waals surface area contributed by atoms with Crippen LogP contribution in [0, 0.1) is 6.92 Å². The minimum atomic E-state index is 0.125. The van der Waals surface area contributed by atoms with E-state index in [0.717, 1.165) is 41.9 Å². The van der Waals surface area contributed by atoms with Gasteiger partial charge < -0.3 is 9.80 Å². The molecule has 0 atom stereocenters. The summed E-state index contributed by atoms with van der Waals surface area (Å²) in [6, 6.07) is 0. The van der Waals surface area contributed by atoms with Gasteiger partial charge in [-0.25, -0.2) is 4.98 Å². The number of nitrogens with zero attached hydrogens (tertiary/aromatic N) is 3. The van der Waals surface area contributed by atoms with Crippen LogP contribution in [0.25, 0.3) is 0 Å². The van der Waals surface area contributed by atoms with E-state index in [9.17, 15) is 4.79 Å². The number of anilines is 1. The Balaban J connectivity index is 2.14. The number of Topliss-reactive ketones (excluding diaryl/α,β-unsaturated/α-hetero) is 1. The molecule has 0 aliphatic carbocycles. The van der Waals surface area contributed by atoms with Gasteiger partial charge in [0.05, 0.1) is 15.9 Å². The standard InChI is InChI=1S/C11H16BrN3OS/c1-8-10(9(16)7-12)17-11(13-8)15-5-3-14(2)4-6-15/h3-7H2,1-2H3. The van der Waals surface area contributed by atoms with Crippen molar-refractivity contribution in [2.24, 2.45) is 0 Å². The zero-order valence-corrected chi connectivity index (χ0v) is 12.5. The molecular weight excluding hydrogens is 302 g/mol. The Morgan fingerprint density at radius 3 is 2.65 bits per heavy atom. The van der Waals surface area contributed by atoms with E-state index in [-0.39, 0.29) is 5.78 Å². The molecule has 0 spiro atoms. The molecule has 94 valence electrons. The molecular formula is C11H16BrN3OS. The number of alkyl halides is 1. The van der Waals surface area contributed by atoms with Crippen LogP contribution < -0.4 is 4.90 Å². The first-order valence-electron chi connectivity index (χ1n) is 5.62. The molecule has 4 nitrogen and oxygen atoms in total.